The van der Waals surface area contributed by atoms with Crippen molar-refractivity contribution in [1.29, 1.82) is 0 Å². The Bertz CT molecular complexity index is 1210. The van der Waals surface area contributed by atoms with Gasteiger partial charge in [0.1, 0.15) is 17.3 Å². The largest absolute Gasteiger partial charge is 0.444 e. The van der Waals surface area contributed by atoms with Gasteiger partial charge in [-0.05, 0) is 59.2 Å². The lowest BCUT2D eigenvalue weighted by molar-refractivity contribution is 0.0128. The number of ether oxygens (including phenoxy) is 1. The molecule has 4 aliphatic rings. The number of rotatable bonds is 5. The molecule has 1 saturated carbocycles. The molecule has 4 atom stereocenters. The van der Waals surface area contributed by atoms with Crippen LogP contribution in [0.4, 0.5) is 13.6 Å². The maximum Gasteiger partial charge on any atom is 0.407 e. The third kappa shape index (κ3) is 5.46. The van der Waals surface area contributed by atoms with E-state index in [9.17, 15) is 22.0 Å². The van der Waals surface area contributed by atoms with Crippen LogP contribution in [0.2, 0.25) is 0 Å². The maximum absolute atomic E-state index is 14.9. The lowest BCUT2D eigenvalue weighted by atomic mass is 9.80. The standard InChI is InChI=1S/C25H35F2N5O4S/c1-25(2,3)36-24(33)28-21-10-17(13-30(4)23(21)19-9-16(26)5-8-20(19)27)31-11-15-12-32(29-22(15)14-31)37(34,35)18-6-7-18/h5,8,12,17-19,21,23H,6-7,9-11,13-14H2,1-4H3,(H,28,33)/t17?,19?,21?,23-/m1/s1. The first-order valence-electron chi connectivity index (χ1n) is 12.8. The molecule has 0 bridgehead atoms. The maximum atomic E-state index is 14.9. The number of likely N-dealkylation sites (N-methyl/N-ethyl adjacent to an activating group) is 1. The molecule has 2 aliphatic heterocycles. The van der Waals surface area contributed by atoms with Gasteiger partial charge >= 0.3 is 6.09 Å². The molecule has 0 aromatic carbocycles. The smallest absolute Gasteiger partial charge is 0.407 e. The van der Waals surface area contributed by atoms with Gasteiger partial charge in [0.2, 0.25) is 0 Å². The lowest BCUT2D eigenvalue weighted by Gasteiger charge is -2.48. The summed E-state index contributed by atoms with van der Waals surface area (Å²) in [5, 5.41) is 6.99. The number of aromatic nitrogens is 2. The van der Waals surface area contributed by atoms with Gasteiger partial charge in [-0.1, -0.05) is 0 Å². The summed E-state index contributed by atoms with van der Waals surface area (Å²) in [5.41, 5.74) is 0.909. The van der Waals surface area contributed by atoms with Crippen LogP contribution in [0.25, 0.3) is 0 Å². The van der Waals surface area contributed by atoms with Gasteiger partial charge in [-0.3, -0.25) is 9.80 Å². The number of piperidine rings is 1. The van der Waals surface area contributed by atoms with E-state index in [1.54, 1.807) is 27.0 Å². The number of likely N-dealkylation sites (tertiary alicyclic amines) is 1. The summed E-state index contributed by atoms with van der Waals surface area (Å²) in [6.45, 7) is 6.92. The van der Waals surface area contributed by atoms with Crippen LogP contribution >= 0.6 is 0 Å². The average molecular weight is 540 g/mol. The Labute approximate surface area is 216 Å². The molecule has 3 heterocycles. The van der Waals surface area contributed by atoms with Crippen LogP contribution in [0.5, 0.6) is 0 Å². The Morgan fingerprint density at radius 2 is 1.92 bits per heavy atom. The van der Waals surface area contributed by atoms with Gasteiger partial charge in [0.15, 0.2) is 0 Å². The molecule has 9 nitrogen and oxygen atoms in total. The highest BCUT2D eigenvalue weighted by Gasteiger charge is 2.45. The number of carbonyl (C=O) groups is 1. The van der Waals surface area contributed by atoms with Gasteiger partial charge in [0.25, 0.3) is 10.0 Å². The first kappa shape index (κ1) is 26.3. The second kappa shape index (κ2) is 9.46. The molecule has 12 heteroatoms. The molecule has 0 spiro atoms. The van der Waals surface area contributed by atoms with E-state index in [-0.39, 0.29) is 23.5 Å². The zero-order valence-electron chi connectivity index (χ0n) is 21.7. The van der Waals surface area contributed by atoms with Crippen molar-refractivity contribution in [2.24, 2.45) is 5.92 Å². The summed E-state index contributed by atoms with van der Waals surface area (Å²) in [5.74, 6) is -1.51. The molecule has 1 saturated heterocycles. The van der Waals surface area contributed by atoms with Crippen LogP contribution in [0.15, 0.2) is 30.0 Å². The summed E-state index contributed by atoms with van der Waals surface area (Å²) in [4.78, 5) is 16.9. The highest BCUT2D eigenvalue weighted by atomic mass is 32.2. The van der Waals surface area contributed by atoms with Crippen molar-refractivity contribution in [1.82, 2.24) is 24.3 Å². The van der Waals surface area contributed by atoms with E-state index in [0.717, 1.165) is 21.4 Å². The van der Waals surface area contributed by atoms with E-state index in [2.05, 4.69) is 15.3 Å². The molecule has 2 aliphatic carbocycles. The predicted molar refractivity (Wildman–Crippen MR) is 133 cm³/mol. The van der Waals surface area contributed by atoms with Crippen LogP contribution in [0.1, 0.15) is 57.7 Å². The predicted octanol–water partition coefficient (Wildman–Crippen LogP) is 3.23. The molecule has 3 unspecified atom stereocenters. The fraction of sp³-hybridized carbons (Fsp3) is 0.680. The van der Waals surface area contributed by atoms with Gasteiger partial charge in [0, 0.05) is 61.9 Å². The number of alkyl carbamates (subject to hydrolysis) is 1. The number of nitrogens with zero attached hydrogens (tertiary/aromatic N) is 4. The fourth-order valence-corrected chi connectivity index (χ4v) is 7.26. The molecule has 1 amide bonds. The van der Waals surface area contributed by atoms with E-state index in [4.69, 9.17) is 4.74 Å². The number of nitrogens with one attached hydrogen (secondary N) is 1. The van der Waals surface area contributed by atoms with Gasteiger partial charge in [-0.15, -0.1) is 0 Å². The molecule has 0 radical (unpaired) electrons. The number of fused-ring (bicyclic) bond motifs is 1. The van der Waals surface area contributed by atoms with Gasteiger partial charge in [-0.2, -0.15) is 9.19 Å². The van der Waals surface area contributed by atoms with E-state index in [1.807, 2.05) is 11.9 Å². The summed E-state index contributed by atoms with van der Waals surface area (Å²) in [7, 11) is -1.56. The van der Waals surface area contributed by atoms with Crippen LogP contribution in [-0.4, -0.2) is 76.1 Å². The van der Waals surface area contributed by atoms with Crippen molar-refractivity contribution < 1.29 is 26.7 Å². The third-order valence-corrected chi connectivity index (χ3v) is 9.58. The highest BCUT2D eigenvalue weighted by molar-refractivity contribution is 7.90. The molecule has 1 aromatic heterocycles. The number of amides is 1. The Hall–Kier alpha value is -2.31. The summed E-state index contributed by atoms with van der Waals surface area (Å²) in [6, 6.07) is -0.964. The number of allylic oxidation sites excluding steroid dienone is 3. The van der Waals surface area contributed by atoms with Crippen LogP contribution in [-0.2, 0) is 27.8 Å². The minimum atomic E-state index is -3.42. The fourth-order valence-electron chi connectivity index (χ4n) is 5.74. The van der Waals surface area contributed by atoms with Crippen molar-refractivity contribution in [3.05, 3.63) is 41.3 Å². The average Bonchev–Trinajstić information content (AvgIpc) is 3.45. The zero-order chi connectivity index (χ0) is 26.7. The quantitative estimate of drug-likeness (QED) is 0.614. The van der Waals surface area contributed by atoms with Crippen LogP contribution in [0, 0.1) is 5.92 Å². The van der Waals surface area contributed by atoms with E-state index >= 15 is 0 Å². The second-order valence-corrected chi connectivity index (χ2v) is 13.7. The summed E-state index contributed by atoms with van der Waals surface area (Å²) < 4.78 is 60.8. The molecule has 1 aromatic rings. The van der Waals surface area contributed by atoms with Crippen molar-refractivity contribution >= 4 is 16.1 Å². The van der Waals surface area contributed by atoms with Crippen LogP contribution in [0.3, 0.4) is 0 Å². The number of halogens is 2. The normalized spacial score (nSPS) is 29.5. The number of hydrogen-bond acceptors (Lipinski definition) is 7. The molecular formula is C25H35F2N5O4S. The third-order valence-electron chi connectivity index (χ3n) is 7.56. The second-order valence-electron chi connectivity index (χ2n) is 11.7. The number of carbonyl (C=O) groups excluding carboxylic acids is 1. The highest BCUT2D eigenvalue weighted by Crippen LogP contribution is 2.38. The Morgan fingerprint density at radius 3 is 2.57 bits per heavy atom. The Morgan fingerprint density at radius 1 is 1.19 bits per heavy atom. The van der Waals surface area contributed by atoms with E-state index in [0.29, 0.717) is 38.9 Å². The summed E-state index contributed by atoms with van der Waals surface area (Å²) in [6.07, 6.45) is 5.14. The first-order valence-corrected chi connectivity index (χ1v) is 14.3. The van der Waals surface area contributed by atoms with Crippen molar-refractivity contribution in [2.75, 3.05) is 13.6 Å². The first-order chi connectivity index (χ1) is 17.3. The zero-order valence-corrected chi connectivity index (χ0v) is 22.5. The Kier molecular flexibility index (Phi) is 6.73. The molecule has 37 heavy (non-hydrogen) atoms. The van der Waals surface area contributed by atoms with E-state index < -0.39 is 45.5 Å². The minimum Gasteiger partial charge on any atom is -0.444 e. The van der Waals surface area contributed by atoms with Gasteiger partial charge in [0.05, 0.1) is 10.9 Å². The molecular weight excluding hydrogens is 504 g/mol. The Balaban J connectivity index is 1.33. The van der Waals surface area contributed by atoms with Gasteiger partial charge in [-0.25, -0.2) is 22.0 Å². The van der Waals surface area contributed by atoms with E-state index in [1.165, 1.54) is 6.08 Å². The number of hydrogen-bond donors (Lipinski definition) is 1. The summed E-state index contributed by atoms with van der Waals surface area (Å²) >= 11 is 0. The molecule has 5 rings (SSSR count). The van der Waals surface area contributed by atoms with Gasteiger partial charge < -0.3 is 10.1 Å². The minimum absolute atomic E-state index is 0.0140. The van der Waals surface area contributed by atoms with Crippen molar-refractivity contribution in [2.45, 2.75) is 88.5 Å². The van der Waals surface area contributed by atoms with Crippen molar-refractivity contribution in [3.8, 4) is 0 Å². The topological polar surface area (TPSA) is 96.8 Å². The lowest BCUT2D eigenvalue weighted by Crippen LogP contribution is -2.63. The molecule has 1 N–H and O–H groups in total. The van der Waals surface area contributed by atoms with Crippen LogP contribution < -0.4 is 5.32 Å². The molecule has 204 valence electrons. The molecule has 2 fully saturated rings. The monoisotopic (exact) mass is 539 g/mol. The SMILES string of the molecule is CN1CC(N2Cc3cn(S(=O)(=O)C4CC4)nc3C2)CC(NC(=O)OC(C)(C)C)[C@H]1C1CC(F)=CC=C1F. The van der Waals surface area contributed by atoms with Crippen molar-refractivity contribution in [3.63, 3.8) is 0 Å².